The molecule has 0 aliphatic heterocycles. The van der Waals surface area contributed by atoms with Crippen LogP contribution in [0.1, 0.15) is 41.0 Å². The fraction of sp³-hybridized carbons (Fsp3) is 0.684. The zero-order valence-corrected chi connectivity index (χ0v) is 18.5. The van der Waals surface area contributed by atoms with Crippen molar-refractivity contribution in [2.24, 2.45) is 11.3 Å². The van der Waals surface area contributed by atoms with Gasteiger partial charge in [-0.25, -0.2) is 9.59 Å². The Morgan fingerprint density at radius 3 is 2.15 bits per heavy atom. The summed E-state index contributed by atoms with van der Waals surface area (Å²) in [7, 11) is -2.32. The molecule has 0 heterocycles. The van der Waals surface area contributed by atoms with Crippen molar-refractivity contribution in [1.82, 2.24) is 0 Å². The second kappa shape index (κ2) is 9.94. The van der Waals surface area contributed by atoms with Crippen molar-refractivity contribution in [3.63, 3.8) is 0 Å². The molecule has 5 nitrogen and oxygen atoms in total. The molecular weight excluding hydrogens is 343 g/mol. The summed E-state index contributed by atoms with van der Waals surface area (Å²) in [6, 6.07) is 0.779. The molecule has 0 saturated heterocycles. The average Bonchev–Trinajstić information content (AvgIpc) is 2.46. The van der Waals surface area contributed by atoms with E-state index in [1.165, 1.54) is 29.7 Å². The van der Waals surface area contributed by atoms with Crippen LogP contribution in [0, 0.1) is 11.3 Å². The van der Waals surface area contributed by atoms with Crippen molar-refractivity contribution in [2.45, 2.75) is 70.9 Å². The number of hydrogen-bond donors (Lipinski definition) is 2. The van der Waals surface area contributed by atoms with E-state index in [2.05, 4.69) is 45.4 Å². The Kier molecular flexibility index (Phi) is 9.63. The van der Waals surface area contributed by atoms with Gasteiger partial charge in [-0.3, -0.25) is 0 Å². The van der Waals surface area contributed by atoms with Gasteiger partial charge in [0.25, 0.3) is 0 Å². The molecule has 0 radical (unpaired) electrons. The van der Waals surface area contributed by atoms with Crippen LogP contribution in [0.2, 0.25) is 24.2 Å². The third kappa shape index (κ3) is 7.44. The monoisotopic (exact) mass is 376 g/mol. The van der Waals surface area contributed by atoms with Crippen LogP contribution in [0.25, 0.3) is 0 Å². The Morgan fingerprint density at radius 1 is 1.31 bits per heavy atom. The van der Waals surface area contributed by atoms with E-state index in [9.17, 15) is 19.8 Å². The molecule has 26 heavy (non-hydrogen) atoms. The van der Waals surface area contributed by atoms with Gasteiger partial charge in [-0.2, -0.15) is 0 Å². The summed E-state index contributed by atoms with van der Waals surface area (Å²) in [4.78, 5) is 23.3. The van der Waals surface area contributed by atoms with Crippen LogP contribution < -0.4 is 0 Å². The zero-order chi connectivity index (χ0) is 20.8. The molecule has 0 aromatic heterocycles. The molecule has 1 rings (SSSR count). The maximum absolute atomic E-state index is 11.9. The van der Waals surface area contributed by atoms with Crippen molar-refractivity contribution in [3.05, 3.63) is 23.8 Å². The molecule has 0 aromatic carbocycles. The van der Waals surface area contributed by atoms with Gasteiger partial charge in [0, 0.05) is 11.5 Å². The van der Waals surface area contributed by atoms with Crippen LogP contribution in [-0.4, -0.2) is 53.8 Å². The summed E-state index contributed by atoms with van der Waals surface area (Å²) in [6.45, 7) is 14.0. The third-order valence-corrected chi connectivity index (χ3v) is 7.01. The Morgan fingerprint density at radius 2 is 1.81 bits per heavy atom. The number of aliphatic carboxylic acids is 2. The topological polar surface area (TPSA) is 83.8 Å². The van der Waals surface area contributed by atoms with E-state index in [4.69, 9.17) is 4.43 Å². The van der Waals surface area contributed by atoms with Gasteiger partial charge in [0.05, 0.1) is 0 Å². The quantitative estimate of drug-likeness (QED) is 0.676. The van der Waals surface area contributed by atoms with Crippen molar-refractivity contribution >= 4 is 38.0 Å². The fourth-order valence-electron chi connectivity index (χ4n) is 3.26. The van der Waals surface area contributed by atoms with E-state index in [0.717, 1.165) is 6.04 Å². The Balaban J connectivity index is 0.00000141. The van der Waals surface area contributed by atoms with Gasteiger partial charge in [0.15, 0.2) is 13.9 Å². The molecule has 1 aliphatic rings. The second-order valence-corrected chi connectivity index (χ2v) is 12.8. The van der Waals surface area contributed by atoms with Crippen molar-refractivity contribution < 1.29 is 24.2 Å². The summed E-state index contributed by atoms with van der Waals surface area (Å²) in [5.74, 6) is -3.00. The third-order valence-electron chi connectivity index (χ3n) is 4.21. The van der Waals surface area contributed by atoms with Crippen LogP contribution in [-0.2, 0) is 14.0 Å². The molecule has 0 fully saturated rings. The Hall–Kier alpha value is -0.806. The minimum absolute atomic E-state index is 0.0164. The molecule has 2 atom stereocenters. The van der Waals surface area contributed by atoms with Gasteiger partial charge in [-0.05, 0) is 30.6 Å². The number of carbonyl (C=O) groups is 2. The number of carboxylic acid groups (broad SMARTS) is 2. The summed E-state index contributed by atoms with van der Waals surface area (Å²) >= 11 is 2.18. The maximum atomic E-state index is 11.9. The van der Waals surface area contributed by atoms with Gasteiger partial charge in [0.1, 0.15) is 0 Å². The van der Waals surface area contributed by atoms with Crippen LogP contribution in [0.3, 0.4) is 0 Å². The SMILES string of the molecule is CC1C(C(=O)O)=CC=CC1(O[Si](C)(C)CC(C)(C)C)C(=O)O.[Li][CH2]CC. The van der Waals surface area contributed by atoms with Gasteiger partial charge in [0.2, 0.25) is 0 Å². The number of allylic oxidation sites excluding steroid dienone is 2. The first-order valence-corrected chi connectivity index (χ1v) is 12.4. The average molecular weight is 376 g/mol. The number of hydrogen-bond acceptors (Lipinski definition) is 3. The summed E-state index contributed by atoms with van der Waals surface area (Å²) in [5.41, 5.74) is -1.53. The van der Waals surface area contributed by atoms with Gasteiger partial charge >= 0.3 is 48.1 Å². The first-order valence-electron chi connectivity index (χ1n) is 9.28. The molecular formula is C19H33LiO5Si. The summed E-state index contributed by atoms with van der Waals surface area (Å²) in [6.07, 6.45) is 5.71. The molecule has 144 valence electrons. The first kappa shape index (κ1) is 25.2. The minimum atomic E-state index is -2.32. The predicted octanol–water partition coefficient (Wildman–Crippen LogP) is 4.28. The first-order chi connectivity index (χ1) is 11.7. The molecule has 0 amide bonds. The molecule has 7 heteroatoms. The molecule has 0 aromatic rings. The number of rotatable bonds is 6. The Bertz CT molecular complexity index is 561. The molecule has 2 unspecified atom stereocenters. The Labute approximate surface area is 168 Å². The molecule has 0 bridgehead atoms. The van der Waals surface area contributed by atoms with Crippen LogP contribution in [0.4, 0.5) is 0 Å². The van der Waals surface area contributed by atoms with E-state index in [1.807, 2.05) is 13.1 Å². The second-order valence-electron chi connectivity index (χ2n) is 8.71. The molecule has 0 saturated carbocycles. The normalized spacial score (nSPS) is 23.0. The van der Waals surface area contributed by atoms with Crippen LogP contribution in [0.5, 0.6) is 0 Å². The van der Waals surface area contributed by atoms with E-state index >= 15 is 0 Å². The zero-order valence-electron chi connectivity index (χ0n) is 17.5. The summed E-state index contributed by atoms with van der Waals surface area (Å²) < 4.78 is 6.14. The molecule has 1 aliphatic carbocycles. The predicted molar refractivity (Wildman–Crippen MR) is 108 cm³/mol. The fourth-order valence-corrected chi connectivity index (χ4v) is 7.14. The van der Waals surface area contributed by atoms with E-state index < -0.39 is 31.8 Å². The summed E-state index contributed by atoms with van der Waals surface area (Å²) in [5, 5.41) is 20.3. The van der Waals surface area contributed by atoms with Crippen LogP contribution >= 0.6 is 0 Å². The van der Waals surface area contributed by atoms with E-state index in [-0.39, 0.29) is 11.0 Å². The standard InChI is InChI=1S/C16H26O5Si.C3H7.Li/c1-11-12(13(17)18)8-7-9-16(11,14(19)20)21-22(5,6)10-15(2,3)4;1-3-2;/h7-9,11H,10H2,1-6H3,(H,17,18)(H,19,20);1,3H2,2H3;. The van der Waals surface area contributed by atoms with Crippen molar-refractivity contribution in [2.75, 3.05) is 0 Å². The van der Waals surface area contributed by atoms with E-state index in [1.54, 1.807) is 6.92 Å². The molecule has 0 spiro atoms. The van der Waals surface area contributed by atoms with Crippen molar-refractivity contribution in [3.8, 4) is 0 Å². The van der Waals surface area contributed by atoms with Gasteiger partial charge in [-0.15, -0.1) is 0 Å². The van der Waals surface area contributed by atoms with Crippen molar-refractivity contribution in [1.29, 1.82) is 0 Å². The molecule has 2 N–H and O–H groups in total. The van der Waals surface area contributed by atoms with Crippen LogP contribution in [0.15, 0.2) is 23.8 Å². The van der Waals surface area contributed by atoms with Gasteiger partial charge in [-0.1, -0.05) is 39.8 Å². The number of carboxylic acids is 2. The van der Waals surface area contributed by atoms with Gasteiger partial charge < -0.3 is 14.6 Å². The van der Waals surface area contributed by atoms with E-state index in [0.29, 0.717) is 0 Å².